The number of hydrogen-bond donors (Lipinski definition) is 1. The van der Waals surface area contributed by atoms with E-state index in [1.165, 1.54) is 23.5 Å². The third-order valence-electron chi connectivity index (χ3n) is 4.26. The first kappa shape index (κ1) is 16.6. The van der Waals surface area contributed by atoms with Gasteiger partial charge in [-0.1, -0.05) is 19.1 Å². The van der Waals surface area contributed by atoms with Gasteiger partial charge in [-0.05, 0) is 23.6 Å². The van der Waals surface area contributed by atoms with Crippen LogP contribution in [0.4, 0.5) is 4.39 Å². The van der Waals surface area contributed by atoms with E-state index in [1.54, 1.807) is 22.4 Å². The monoisotopic (exact) mass is 348 g/mol. The first-order valence-electron chi connectivity index (χ1n) is 7.65. The van der Waals surface area contributed by atoms with E-state index in [4.69, 9.17) is 5.11 Å². The molecule has 0 bridgehead atoms. The van der Waals surface area contributed by atoms with Gasteiger partial charge in [-0.15, -0.1) is 11.3 Å². The van der Waals surface area contributed by atoms with Gasteiger partial charge in [-0.2, -0.15) is 0 Å². The van der Waals surface area contributed by atoms with Crippen LogP contribution in [-0.4, -0.2) is 40.0 Å². The minimum Gasteiger partial charge on any atom is -0.481 e. The van der Waals surface area contributed by atoms with E-state index in [2.05, 4.69) is 4.98 Å². The van der Waals surface area contributed by atoms with E-state index < -0.39 is 11.9 Å². The van der Waals surface area contributed by atoms with Crippen molar-refractivity contribution in [2.75, 3.05) is 13.1 Å². The molecule has 2 heterocycles. The van der Waals surface area contributed by atoms with Crippen molar-refractivity contribution in [3.63, 3.8) is 0 Å². The van der Waals surface area contributed by atoms with Crippen molar-refractivity contribution in [2.45, 2.75) is 13.3 Å². The smallest absolute Gasteiger partial charge is 0.308 e. The van der Waals surface area contributed by atoms with Gasteiger partial charge < -0.3 is 10.0 Å². The second-order valence-corrected chi connectivity index (χ2v) is 7.00. The molecule has 126 valence electrons. The number of aromatic nitrogens is 1. The van der Waals surface area contributed by atoms with Gasteiger partial charge in [0.05, 0.1) is 10.9 Å². The van der Waals surface area contributed by atoms with Crippen molar-refractivity contribution in [3.05, 3.63) is 51.7 Å². The summed E-state index contributed by atoms with van der Waals surface area (Å²) in [6.07, 6.45) is 0.534. The fraction of sp³-hybridized carbons (Fsp3) is 0.353. The number of hydrogen-bond acceptors (Lipinski definition) is 4. The van der Waals surface area contributed by atoms with Crippen molar-refractivity contribution in [1.29, 1.82) is 0 Å². The number of thiazole rings is 1. The molecule has 0 radical (unpaired) electrons. The number of likely N-dealkylation sites (tertiary alicyclic amines) is 1. The minimum atomic E-state index is -0.868. The molecule has 1 aromatic heterocycles. The van der Waals surface area contributed by atoms with Crippen molar-refractivity contribution >= 4 is 23.2 Å². The zero-order chi connectivity index (χ0) is 17.3. The van der Waals surface area contributed by atoms with Crippen LogP contribution in [0.3, 0.4) is 0 Å². The molecule has 2 atom stereocenters. The van der Waals surface area contributed by atoms with Crippen molar-refractivity contribution in [2.24, 2.45) is 11.8 Å². The first-order valence-corrected chi connectivity index (χ1v) is 8.53. The third kappa shape index (κ3) is 3.46. The molecule has 1 aromatic carbocycles. The summed E-state index contributed by atoms with van der Waals surface area (Å²) in [5, 5.41) is 11.6. The van der Waals surface area contributed by atoms with E-state index in [0.717, 1.165) is 10.6 Å². The molecule has 3 rings (SSSR count). The fourth-order valence-corrected chi connectivity index (χ4v) is 3.69. The molecule has 1 aliphatic rings. The summed E-state index contributed by atoms with van der Waals surface area (Å²) in [4.78, 5) is 29.6. The molecular formula is C17H17FN2O3S. The maximum Gasteiger partial charge on any atom is 0.308 e. The van der Waals surface area contributed by atoms with Gasteiger partial charge in [-0.3, -0.25) is 9.59 Å². The summed E-state index contributed by atoms with van der Waals surface area (Å²) in [6.45, 7) is 2.49. The molecule has 1 saturated heterocycles. The van der Waals surface area contributed by atoms with E-state index in [-0.39, 0.29) is 24.2 Å². The van der Waals surface area contributed by atoms with Gasteiger partial charge in [0.1, 0.15) is 11.5 Å². The van der Waals surface area contributed by atoms with Crippen LogP contribution in [0.15, 0.2) is 29.6 Å². The number of carbonyl (C=O) groups excluding carboxylic acids is 1. The van der Waals surface area contributed by atoms with Crippen LogP contribution in [0.1, 0.15) is 28.0 Å². The molecule has 5 nitrogen and oxygen atoms in total. The Hall–Kier alpha value is -2.28. The number of carboxylic acids is 1. The molecule has 24 heavy (non-hydrogen) atoms. The second kappa shape index (κ2) is 6.68. The van der Waals surface area contributed by atoms with Gasteiger partial charge in [0.2, 0.25) is 0 Å². The standard InChI is InChI=1S/C17H17FN2O3S/c1-10-7-20(8-13(10)17(22)23)16(21)14-9-24-15(19-14)6-11-2-4-12(18)5-3-11/h2-5,9-10,13H,6-8H2,1H3,(H,22,23)/t10-,13-/m1/s1. The van der Waals surface area contributed by atoms with Crippen LogP contribution >= 0.6 is 11.3 Å². The van der Waals surface area contributed by atoms with Crippen LogP contribution in [0.5, 0.6) is 0 Å². The third-order valence-corrected chi connectivity index (χ3v) is 5.11. The van der Waals surface area contributed by atoms with Crippen LogP contribution in [0.25, 0.3) is 0 Å². The molecular weight excluding hydrogens is 331 g/mol. The highest BCUT2D eigenvalue weighted by atomic mass is 32.1. The van der Waals surface area contributed by atoms with Crippen LogP contribution in [0, 0.1) is 17.7 Å². The summed E-state index contributed by atoms with van der Waals surface area (Å²) < 4.78 is 12.9. The highest BCUT2D eigenvalue weighted by molar-refractivity contribution is 7.09. The maximum absolute atomic E-state index is 12.9. The van der Waals surface area contributed by atoms with Crippen molar-refractivity contribution < 1.29 is 19.1 Å². The number of amides is 1. The minimum absolute atomic E-state index is 0.0660. The Balaban J connectivity index is 1.68. The number of nitrogens with zero attached hydrogens (tertiary/aromatic N) is 2. The molecule has 2 aromatic rings. The Morgan fingerprint density at radius 2 is 2.04 bits per heavy atom. The molecule has 0 spiro atoms. The molecule has 7 heteroatoms. The van der Waals surface area contributed by atoms with Gasteiger partial charge in [-0.25, -0.2) is 9.37 Å². The predicted molar refractivity (Wildman–Crippen MR) is 87.5 cm³/mol. The quantitative estimate of drug-likeness (QED) is 0.922. The predicted octanol–water partition coefficient (Wildman–Crippen LogP) is 2.67. The van der Waals surface area contributed by atoms with E-state index in [1.807, 2.05) is 6.92 Å². The second-order valence-electron chi connectivity index (χ2n) is 6.06. The topological polar surface area (TPSA) is 70.5 Å². The highest BCUT2D eigenvalue weighted by Crippen LogP contribution is 2.25. The van der Waals surface area contributed by atoms with E-state index in [0.29, 0.717) is 18.7 Å². The lowest BCUT2D eigenvalue weighted by Crippen LogP contribution is -2.30. The Morgan fingerprint density at radius 1 is 1.33 bits per heavy atom. The number of benzene rings is 1. The van der Waals surface area contributed by atoms with Gasteiger partial charge in [0, 0.05) is 24.9 Å². The van der Waals surface area contributed by atoms with Gasteiger partial charge >= 0.3 is 5.97 Å². The number of carboxylic acid groups (broad SMARTS) is 1. The van der Waals surface area contributed by atoms with E-state index >= 15 is 0 Å². The molecule has 1 aliphatic heterocycles. The van der Waals surface area contributed by atoms with E-state index in [9.17, 15) is 14.0 Å². The molecule has 1 fully saturated rings. The van der Waals surface area contributed by atoms with Crippen LogP contribution in [-0.2, 0) is 11.2 Å². The average molecular weight is 348 g/mol. The van der Waals surface area contributed by atoms with Crippen molar-refractivity contribution in [3.8, 4) is 0 Å². The van der Waals surface area contributed by atoms with Gasteiger partial charge in [0.25, 0.3) is 5.91 Å². The largest absolute Gasteiger partial charge is 0.481 e. The van der Waals surface area contributed by atoms with Crippen LogP contribution < -0.4 is 0 Å². The Labute approximate surface area is 142 Å². The lowest BCUT2D eigenvalue weighted by molar-refractivity contribution is -0.142. The summed E-state index contributed by atoms with van der Waals surface area (Å²) in [7, 11) is 0. The zero-order valence-electron chi connectivity index (χ0n) is 13.1. The Morgan fingerprint density at radius 3 is 2.67 bits per heavy atom. The summed E-state index contributed by atoms with van der Waals surface area (Å²) >= 11 is 1.37. The lowest BCUT2D eigenvalue weighted by atomic mass is 9.99. The average Bonchev–Trinajstić information content (AvgIpc) is 3.16. The number of rotatable bonds is 4. The normalized spacial score (nSPS) is 20.3. The molecule has 0 unspecified atom stereocenters. The first-order chi connectivity index (χ1) is 11.4. The Kier molecular flexibility index (Phi) is 4.62. The lowest BCUT2D eigenvalue weighted by Gasteiger charge is -2.13. The molecule has 1 amide bonds. The number of carbonyl (C=O) groups is 2. The zero-order valence-corrected chi connectivity index (χ0v) is 13.9. The van der Waals surface area contributed by atoms with Crippen molar-refractivity contribution in [1.82, 2.24) is 9.88 Å². The summed E-state index contributed by atoms with van der Waals surface area (Å²) in [6, 6.07) is 6.18. The van der Waals surface area contributed by atoms with Crippen LogP contribution in [0.2, 0.25) is 0 Å². The number of aliphatic carboxylic acids is 1. The van der Waals surface area contributed by atoms with Gasteiger partial charge in [0.15, 0.2) is 0 Å². The highest BCUT2D eigenvalue weighted by Gasteiger charge is 2.37. The molecule has 0 saturated carbocycles. The molecule has 0 aliphatic carbocycles. The summed E-state index contributed by atoms with van der Waals surface area (Å²) in [5.74, 6) is -1.97. The summed E-state index contributed by atoms with van der Waals surface area (Å²) in [5.41, 5.74) is 1.26. The maximum atomic E-state index is 12.9. The Bertz CT molecular complexity index is 759. The fourth-order valence-electron chi connectivity index (χ4n) is 2.88. The molecule has 1 N–H and O–H groups in total. The SMILES string of the molecule is C[C@@H]1CN(C(=O)c2csc(Cc3ccc(F)cc3)n2)C[C@H]1C(=O)O. The number of halogens is 1.